The lowest BCUT2D eigenvalue weighted by molar-refractivity contribution is 0.244. The fourth-order valence-electron chi connectivity index (χ4n) is 5.55. The van der Waals surface area contributed by atoms with Crippen LogP contribution in [0.3, 0.4) is 0 Å². The molecular weight excluding hydrogens is 444 g/mol. The number of piperazine rings is 1. The third-order valence-corrected chi connectivity index (χ3v) is 8.45. The molecule has 0 radical (unpaired) electrons. The fraction of sp³-hybridized carbons (Fsp3) is 0.346. The molecule has 7 nitrogen and oxygen atoms in total. The molecule has 1 fully saturated rings. The van der Waals surface area contributed by atoms with Gasteiger partial charge in [-0.3, -0.25) is 9.69 Å². The lowest BCUT2D eigenvalue weighted by Gasteiger charge is -2.35. The first-order valence-corrected chi connectivity index (χ1v) is 12.9. The van der Waals surface area contributed by atoms with Crippen molar-refractivity contribution in [3.8, 4) is 0 Å². The largest absolute Gasteiger partial charge is 0.352 e. The van der Waals surface area contributed by atoms with Gasteiger partial charge >= 0.3 is 0 Å². The molecule has 5 heterocycles. The van der Waals surface area contributed by atoms with Gasteiger partial charge in [-0.2, -0.15) is 0 Å². The molecule has 172 valence electrons. The maximum Gasteiger partial charge on any atom is 0.259 e. The molecule has 34 heavy (non-hydrogen) atoms. The van der Waals surface area contributed by atoms with Crippen LogP contribution >= 0.6 is 11.3 Å². The van der Waals surface area contributed by atoms with E-state index in [1.807, 2.05) is 6.07 Å². The number of hydrogen-bond acceptors (Lipinski definition) is 6. The van der Waals surface area contributed by atoms with Gasteiger partial charge in [0.25, 0.3) is 5.56 Å². The van der Waals surface area contributed by atoms with Crippen LogP contribution in [0.4, 0.5) is 5.82 Å². The molecule has 5 aromatic rings. The van der Waals surface area contributed by atoms with E-state index in [9.17, 15) is 4.79 Å². The second-order valence-electron chi connectivity index (χ2n) is 9.35. The number of rotatable bonds is 3. The van der Waals surface area contributed by atoms with Crippen LogP contribution in [0.1, 0.15) is 29.1 Å². The van der Waals surface area contributed by atoms with Crippen molar-refractivity contribution in [1.82, 2.24) is 24.3 Å². The summed E-state index contributed by atoms with van der Waals surface area (Å²) in [5.74, 6) is 1.82. The Hall–Kier alpha value is -3.23. The van der Waals surface area contributed by atoms with Crippen LogP contribution in [0.25, 0.3) is 26.8 Å². The molecule has 0 amide bonds. The summed E-state index contributed by atoms with van der Waals surface area (Å²) in [6.45, 7) is 4.28. The van der Waals surface area contributed by atoms with Crippen LogP contribution in [0, 0.1) is 0 Å². The highest BCUT2D eigenvalue weighted by atomic mass is 32.1. The zero-order valence-corrected chi connectivity index (χ0v) is 19.8. The van der Waals surface area contributed by atoms with E-state index in [1.165, 1.54) is 23.3 Å². The first kappa shape index (κ1) is 20.2. The van der Waals surface area contributed by atoms with Crippen molar-refractivity contribution in [3.63, 3.8) is 0 Å². The lowest BCUT2D eigenvalue weighted by Crippen LogP contribution is -2.46. The quantitative estimate of drug-likeness (QED) is 0.432. The molecule has 1 aliphatic heterocycles. The Kier molecular flexibility index (Phi) is 4.70. The first-order chi connectivity index (χ1) is 16.7. The Morgan fingerprint density at radius 3 is 2.68 bits per heavy atom. The average Bonchev–Trinajstić information content (AvgIpc) is 3.49. The number of aryl methyl sites for hydroxylation is 2. The molecule has 0 spiro atoms. The Balaban J connectivity index is 1.12. The van der Waals surface area contributed by atoms with Crippen molar-refractivity contribution in [2.75, 3.05) is 31.1 Å². The number of anilines is 1. The molecular formula is C26H26N6OS. The van der Waals surface area contributed by atoms with Gasteiger partial charge in [-0.1, -0.05) is 12.1 Å². The summed E-state index contributed by atoms with van der Waals surface area (Å²) in [4.78, 5) is 32.9. The summed E-state index contributed by atoms with van der Waals surface area (Å²) < 4.78 is 2.23. The Morgan fingerprint density at radius 2 is 1.76 bits per heavy atom. The molecule has 1 saturated heterocycles. The smallest absolute Gasteiger partial charge is 0.259 e. The maximum absolute atomic E-state index is 12.9. The van der Waals surface area contributed by atoms with Gasteiger partial charge in [-0.05, 0) is 55.5 Å². The Morgan fingerprint density at radius 1 is 0.941 bits per heavy atom. The summed E-state index contributed by atoms with van der Waals surface area (Å²) in [5.41, 5.74) is 4.57. The topological polar surface area (TPSA) is 69.5 Å². The van der Waals surface area contributed by atoms with Gasteiger partial charge in [0.2, 0.25) is 0 Å². The van der Waals surface area contributed by atoms with Crippen LogP contribution in [0.2, 0.25) is 0 Å². The minimum atomic E-state index is 0.0361. The van der Waals surface area contributed by atoms with Gasteiger partial charge in [0.05, 0.1) is 28.5 Å². The molecule has 8 heteroatoms. The van der Waals surface area contributed by atoms with E-state index in [0.29, 0.717) is 6.54 Å². The van der Waals surface area contributed by atoms with E-state index in [1.54, 1.807) is 11.3 Å². The molecule has 1 aliphatic carbocycles. The third-order valence-electron chi connectivity index (χ3n) is 7.26. The number of benzene rings is 1. The van der Waals surface area contributed by atoms with Gasteiger partial charge in [0.15, 0.2) is 5.82 Å². The number of aromatic amines is 1. The van der Waals surface area contributed by atoms with Crippen molar-refractivity contribution in [2.45, 2.75) is 32.2 Å². The van der Waals surface area contributed by atoms with E-state index in [-0.39, 0.29) is 5.56 Å². The highest BCUT2D eigenvalue weighted by Crippen LogP contribution is 2.33. The number of hydrogen-bond donors (Lipinski definition) is 1. The highest BCUT2D eigenvalue weighted by molar-refractivity contribution is 7.18. The summed E-state index contributed by atoms with van der Waals surface area (Å²) in [5, 5.41) is 0.840. The van der Waals surface area contributed by atoms with Crippen LogP contribution in [-0.4, -0.2) is 50.4 Å². The van der Waals surface area contributed by atoms with Gasteiger partial charge < -0.3 is 14.3 Å². The van der Waals surface area contributed by atoms with Crippen molar-refractivity contribution in [2.24, 2.45) is 0 Å². The van der Waals surface area contributed by atoms with E-state index < -0.39 is 0 Å². The van der Waals surface area contributed by atoms with Crippen molar-refractivity contribution in [1.29, 1.82) is 0 Å². The second-order valence-corrected chi connectivity index (χ2v) is 10.4. The highest BCUT2D eigenvalue weighted by Gasteiger charge is 2.23. The minimum Gasteiger partial charge on any atom is -0.352 e. The molecule has 0 saturated carbocycles. The monoisotopic (exact) mass is 470 g/mol. The molecule has 0 unspecified atom stereocenters. The number of fused-ring (bicyclic) bond motifs is 6. The Bertz CT molecular complexity index is 1590. The molecule has 1 aromatic carbocycles. The van der Waals surface area contributed by atoms with Crippen LogP contribution < -0.4 is 10.5 Å². The molecule has 1 N–H and O–H groups in total. The SMILES string of the molecule is O=c1[nH]c(CN2CCN(c3nc4ccccc4n4cccc34)CC2)nc2sc3c(c12)CCCC3. The van der Waals surface area contributed by atoms with Gasteiger partial charge in [-0.15, -0.1) is 11.3 Å². The maximum atomic E-state index is 12.9. The van der Waals surface area contributed by atoms with Gasteiger partial charge in [-0.25, -0.2) is 9.97 Å². The lowest BCUT2D eigenvalue weighted by atomic mass is 9.97. The first-order valence-electron chi connectivity index (χ1n) is 12.1. The van der Waals surface area contributed by atoms with Crippen LogP contribution in [0.15, 0.2) is 47.4 Å². The molecule has 2 aliphatic rings. The van der Waals surface area contributed by atoms with Crippen LogP contribution in [-0.2, 0) is 19.4 Å². The predicted molar refractivity (Wildman–Crippen MR) is 137 cm³/mol. The van der Waals surface area contributed by atoms with E-state index in [0.717, 1.165) is 77.4 Å². The van der Waals surface area contributed by atoms with Crippen molar-refractivity contribution in [3.05, 3.63) is 69.2 Å². The number of H-pyrrole nitrogens is 1. The summed E-state index contributed by atoms with van der Waals surface area (Å²) in [6.07, 6.45) is 6.60. The number of aromatic nitrogens is 4. The molecule has 0 bridgehead atoms. The zero-order chi connectivity index (χ0) is 22.6. The van der Waals surface area contributed by atoms with E-state index in [4.69, 9.17) is 9.97 Å². The molecule has 7 rings (SSSR count). The number of nitrogens with one attached hydrogen (secondary N) is 1. The number of nitrogens with zero attached hydrogens (tertiary/aromatic N) is 5. The molecule has 0 atom stereocenters. The second kappa shape index (κ2) is 7.92. The number of thiophene rings is 1. The summed E-state index contributed by atoms with van der Waals surface area (Å²) >= 11 is 1.72. The van der Waals surface area contributed by atoms with Crippen molar-refractivity contribution < 1.29 is 0 Å². The predicted octanol–water partition coefficient (Wildman–Crippen LogP) is 3.99. The standard InChI is InChI=1S/C26H26N6OS/c33-25-23-17-6-1-4-10-21(17)34-26(23)29-22(28-25)16-30-12-14-31(15-13-30)24-20-9-5-11-32(20)19-8-3-2-7-18(19)27-24/h2-3,5,7-9,11H,1,4,6,10,12-16H2,(H,28,29,33). The minimum absolute atomic E-state index is 0.0361. The summed E-state index contributed by atoms with van der Waals surface area (Å²) in [7, 11) is 0. The van der Waals surface area contributed by atoms with Crippen molar-refractivity contribution >= 4 is 43.9 Å². The van der Waals surface area contributed by atoms with Crippen LogP contribution in [0.5, 0.6) is 0 Å². The average molecular weight is 471 g/mol. The number of para-hydroxylation sites is 2. The molecule has 4 aromatic heterocycles. The normalized spacial score (nSPS) is 17.1. The third kappa shape index (κ3) is 3.24. The van der Waals surface area contributed by atoms with E-state index in [2.05, 4.69) is 55.7 Å². The van der Waals surface area contributed by atoms with Gasteiger partial charge in [0, 0.05) is 37.3 Å². The Labute approximate surface area is 200 Å². The summed E-state index contributed by atoms with van der Waals surface area (Å²) in [6, 6.07) is 12.5. The van der Waals surface area contributed by atoms with E-state index >= 15 is 0 Å². The fourth-order valence-corrected chi connectivity index (χ4v) is 6.83. The zero-order valence-electron chi connectivity index (χ0n) is 19.0. The van der Waals surface area contributed by atoms with Gasteiger partial charge in [0.1, 0.15) is 10.7 Å².